The number of carbonyl (C=O) groups excluding carboxylic acids is 2. The molecule has 1 aliphatic rings. The number of carbonyl (C=O) groups is 2. The van der Waals surface area contributed by atoms with Crippen molar-refractivity contribution in [2.75, 3.05) is 18.0 Å². The molecule has 1 saturated carbocycles. The number of anilines is 1. The van der Waals surface area contributed by atoms with E-state index in [9.17, 15) is 18.0 Å². The van der Waals surface area contributed by atoms with Crippen molar-refractivity contribution in [2.45, 2.75) is 69.5 Å². The predicted molar refractivity (Wildman–Crippen MR) is 185 cm³/mol. The molecule has 0 bridgehead atoms. The van der Waals surface area contributed by atoms with Crippen LogP contribution in [-0.2, 0) is 32.6 Å². The number of nitrogens with one attached hydrogen (secondary N) is 1. The van der Waals surface area contributed by atoms with Crippen LogP contribution in [0.15, 0.2) is 108 Å². The Kier molecular flexibility index (Phi) is 11.0. The molecule has 0 heterocycles. The molecule has 4 aromatic carbocycles. The minimum absolute atomic E-state index is 0.0417. The lowest BCUT2D eigenvalue weighted by atomic mass is 10.0. The summed E-state index contributed by atoms with van der Waals surface area (Å²) in [4.78, 5) is 30.5. The number of sulfonamides is 1. The summed E-state index contributed by atoms with van der Waals surface area (Å²) in [6.45, 7) is 3.45. The SMILES string of the molecule is COc1cccc(CN(C(=O)CN(c2ccc(C)c(C)c2)S(=O)(=O)c2ccccc2)[C@H](Cc2ccccc2)C(=O)NC2CCCC2)c1. The molecule has 1 aliphatic carbocycles. The fourth-order valence-electron chi connectivity index (χ4n) is 6.02. The van der Waals surface area contributed by atoms with E-state index in [0.29, 0.717) is 11.4 Å². The summed E-state index contributed by atoms with van der Waals surface area (Å²) in [7, 11) is -2.58. The number of aryl methyl sites for hydroxylation is 2. The molecule has 0 radical (unpaired) electrons. The Labute approximate surface area is 278 Å². The summed E-state index contributed by atoms with van der Waals surface area (Å²) in [6.07, 6.45) is 4.14. The smallest absolute Gasteiger partial charge is 0.264 e. The minimum Gasteiger partial charge on any atom is -0.497 e. The van der Waals surface area contributed by atoms with Crippen LogP contribution in [0.3, 0.4) is 0 Å². The average molecular weight is 654 g/mol. The van der Waals surface area contributed by atoms with Gasteiger partial charge in [0, 0.05) is 19.0 Å². The van der Waals surface area contributed by atoms with Gasteiger partial charge < -0.3 is 15.0 Å². The summed E-state index contributed by atoms with van der Waals surface area (Å²) in [5.74, 6) is -0.123. The van der Waals surface area contributed by atoms with Gasteiger partial charge in [-0.05, 0) is 85.3 Å². The molecule has 0 aromatic heterocycles. The number of ether oxygens (including phenoxy) is 1. The zero-order chi connectivity index (χ0) is 33.4. The molecular weight excluding hydrogens is 611 g/mol. The Bertz CT molecular complexity index is 1770. The van der Waals surface area contributed by atoms with Crippen molar-refractivity contribution in [3.05, 3.63) is 125 Å². The lowest BCUT2D eigenvalue weighted by molar-refractivity contribution is -0.140. The molecule has 1 N–H and O–H groups in total. The Morgan fingerprint density at radius 3 is 2.15 bits per heavy atom. The Morgan fingerprint density at radius 1 is 0.830 bits per heavy atom. The van der Waals surface area contributed by atoms with Crippen molar-refractivity contribution in [1.82, 2.24) is 10.2 Å². The second-order valence-electron chi connectivity index (χ2n) is 12.2. The van der Waals surface area contributed by atoms with E-state index < -0.39 is 28.5 Å². The van der Waals surface area contributed by atoms with Crippen molar-refractivity contribution >= 4 is 27.5 Å². The van der Waals surface area contributed by atoms with Gasteiger partial charge in [0.25, 0.3) is 10.0 Å². The monoisotopic (exact) mass is 653 g/mol. The van der Waals surface area contributed by atoms with Gasteiger partial charge >= 0.3 is 0 Å². The average Bonchev–Trinajstić information content (AvgIpc) is 3.60. The maximum Gasteiger partial charge on any atom is 0.264 e. The first-order valence-corrected chi connectivity index (χ1v) is 17.5. The van der Waals surface area contributed by atoms with Crippen LogP contribution >= 0.6 is 0 Å². The fourth-order valence-corrected chi connectivity index (χ4v) is 7.45. The highest BCUT2D eigenvalue weighted by Crippen LogP contribution is 2.27. The van der Waals surface area contributed by atoms with E-state index in [2.05, 4.69) is 5.32 Å². The Morgan fingerprint density at radius 2 is 1.49 bits per heavy atom. The molecule has 0 aliphatic heterocycles. The summed E-state index contributed by atoms with van der Waals surface area (Å²) in [5.41, 5.74) is 3.93. The number of hydrogen-bond acceptors (Lipinski definition) is 5. The third-order valence-electron chi connectivity index (χ3n) is 8.85. The molecular formula is C38H43N3O5S. The number of nitrogens with zero attached hydrogens (tertiary/aromatic N) is 2. The zero-order valence-electron chi connectivity index (χ0n) is 27.3. The number of hydrogen-bond donors (Lipinski definition) is 1. The van der Waals surface area contributed by atoms with Crippen LogP contribution in [0, 0.1) is 13.8 Å². The topological polar surface area (TPSA) is 96.0 Å². The maximum absolute atomic E-state index is 14.7. The van der Waals surface area contributed by atoms with E-state index >= 15 is 0 Å². The summed E-state index contributed by atoms with van der Waals surface area (Å²) in [6, 6.07) is 29.6. The van der Waals surface area contributed by atoms with Gasteiger partial charge in [0.05, 0.1) is 17.7 Å². The van der Waals surface area contributed by atoms with Crippen LogP contribution in [0.5, 0.6) is 5.75 Å². The molecule has 4 aromatic rings. The number of benzene rings is 4. The third-order valence-corrected chi connectivity index (χ3v) is 10.6. The van der Waals surface area contributed by atoms with Gasteiger partial charge in [-0.2, -0.15) is 0 Å². The molecule has 47 heavy (non-hydrogen) atoms. The lowest BCUT2D eigenvalue weighted by Gasteiger charge is -2.34. The van der Waals surface area contributed by atoms with Crippen LogP contribution in [0.2, 0.25) is 0 Å². The standard InChI is InChI=1S/C38H43N3O5S/c1-28-21-22-33(23-29(28)2)41(47(44,45)35-19-8-5-9-20-35)27-37(42)40(26-31-15-12-18-34(24-31)46-3)36(25-30-13-6-4-7-14-30)38(43)39-32-16-10-11-17-32/h4-9,12-15,18-24,32,36H,10-11,16-17,25-27H2,1-3H3,(H,39,43)/t36-/m1/s1. The number of amides is 2. The molecule has 0 saturated heterocycles. The molecule has 8 nitrogen and oxygen atoms in total. The second kappa shape index (κ2) is 15.3. The molecule has 1 atom stereocenters. The predicted octanol–water partition coefficient (Wildman–Crippen LogP) is 6.21. The normalized spacial score (nSPS) is 13.9. The first kappa shape index (κ1) is 33.7. The van der Waals surface area contributed by atoms with Gasteiger partial charge in [-0.3, -0.25) is 13.9 Å². The molecule has 0 spiro atoms. The minimum atomic E-state index is -4.15. The Hall–Kier alpha value is -4.63. The molecule has 5 rings (SSSR count). The molecule has 2 amide bonds. The fraction of sp³-hybridized carbons (Fsp3) is 0.316. The first-order chi connectivity index (χ1) is 22.7. The largest absolute Gasteiger partial charge is 0.497 e. The van der Waals surface area contributed by atoms with Crippen LogP contribution in [-0.4, -0.2) is 50.9 Å². The van der Waals surface area contributed by atoms with Crippen LogP contribution in [0.1, 0.15) is 47.9 Å². The van der Waals surface area contributed by atoms with Gasteiger partial charge in [-0.25, -0.2) is 8.42 Å². The number of rotatable bonds is 13. The van der Waals surface area contributed by atoms with Gasteiger partial charge in [-0.15, -0.1) is 0 Å². The van der Waals surface area contributed by atoms with Crippen LogP contribution in [0.4, 0.5) is 5.69 Å². The lowest BCUT2D eigenvalue weighted by Crippen LogP contribution is -2.54. The van der Waals surface area contributed by atoms with E-state index in [0.717, 1.165) is 52.2 Å². The number of methoxy groups -OCH3 is 1. The van der Waals surface area contributed by atoms with Gasteiger partial charge in [0.1, 0.15) is 18.3 Å². The van der Waals surface area contributed by atoms with E-state index in [1.807, 2.05) is 74.5 Å². The van der Waals surface area contributed by atoms with Crippen molar-refractivity contribution in [3.63, 3.8) is 0 Å². The highest BCUT2D eigenvalue weighted by Gasteiger charge is 2.35. The second-order valence-corrected chi connectivity index (χ2v) is 14.0. The maximum atomic E-state index is 14.7. The van der Waals surface area contributed by atoms with Crippen molar-refractivity contribution < 1.29 is 22.7 Å². The van der Waals surface area contributed by atoms with Gasteiger partial charge in [0.2, 0.25) is 11.8 Å². The molecule has 0 unspecified atom stereocenters. The van der Waals surface area contributed by atoms with Crippen LogP contribution in [0.25, 0.3) is 0 Å². The first-order valence-electron chi connectivity index (χ1n) is 16.1. The van der Waals surface area contributed by atoms with E-state index in [1.165, 1.54) is 17.0 Å². The molecule has 9 heteroatoms. The van der Waals surface area contributed by atoms with E-state index in [-0.39, 0.29) is 29.8 Å². The molecule has 246 valence electrons. The van der Waals surface area contributed by atoms with Crippen molar-refractivity contribution in [2.24, 2.45) is 0 Å². The highest BCUT2D eigenvalue weighted by molar-refractivity contribution is 7.92. The van der Waals surface area contributed by atoms with Crippen molar-refractivity contribution in [3.8, 4) is 5.75 Å². The van der Waals surface area contributed by atoms with Crippen molar-refractivity contribution in [1.29, 1.82) is 0 Å². The van der Waals surface area contributed by atoms with Gasteiger partial charge in [-0.1, -0.05) is 79.6 Å². The molecule has 1 fully saturated rings. The summed E-state index contributed by atoms with van der Waals surface area (Å²) < 4.78 is 35.0. The van der Waals surface area contributed by atoms with E-state index in [4.69, 9.17) is 4.74 Å². The summed E-state index contributed by atoms with van der Waals surface area (Å²) in [5, 5.41) is 3.21. The van der Waals surface area contributed by atoms with Crippen LogP contribution < -0.4 is 14.4 Å². The Balaban J connectivity index is 1.58. The van der Waals surface area contributed by atoms with E-state index in [1.54, 1.807) is 37.4 Å². The summed E-state index contributed by atoms with van der Waals surface area (Å²) >= 11 is 0. The van der Waals surface area contributed by atoms with Gasteiger partial charge in [0.15, 0.2) is 0 Å². The highest BCUT2D eigenvalue weighted by atomic mass is 32.2. The quantitative estimate of drug-likeness (QED) is 0.185. The third kappa shape index (κ3) is 8.40. The zero-order valence-corrected chi connectivity index (χ0v) is 28.1.